The van der Waals surface area contributed by atoms with Crippen LogP contribution < -0.4 is 0 Å². The van der Waals surface area contributed by atoms with E-state index in [1.54, 1.807) is 6.07 Å². The van der Waals surface area contributed by atoms with Crippen LogP contribution in [0.5, 0.6) is 0 Å². The zero-order valence-corrected chi connectivity index (χ0v) is 12.9. The molecule has 0 unspecified atom stereocenters. The number of benzene rings is 1. The second-order valence-electron chi connectivity index (χ2n) is 4.91. The number of nitrogens with one attached hydrogen (secondary N) is 1. The summed E-state index contributed by atoms with van der Waals surface area (Å²) in [6, 6.07) is 7.39. The van der Waals surface area contributed by atoms with Gasteiger partial charge in [-0.15, -0.1) is 0 Å². The molecule has 1 aliphatic carbocycles. The Morgan fingerprint density at radius 1 is 1.24 bits per heavy atom. The maximum Gasteiger partial charge on any atom is 0.354 e. The van der Waals surface area contributed by atoms with Gasteiger partial charge in [-0.2, -0.15) is 0 Å². The van der Waals surface area contributed by atoms with E-state index in [-0.39, 0.29) is 5.97 Å². The molecular formula is C16H13Cl2NO2. The van der Waals surface area contributed by atoms with Gasteiger partial charge < -0.3 is 9.72 Å². The van der Waals surface area contributed by atoms with Crippen molar-refractivity contribution in [1.82, 2.24) is 4.98 Å². The van der Waals surface area contributed by atoms with Gasteiger partial charge in [-0.25, -0.2) is 4.79 Å². The van der Waals surface area contributed by atoms with Crippen molar-refractivity contribution in [3.05, 3.63) is 56.8 Å². The fraction of sp³-hybridized carbons (Fsp3) is 0.188. The summed E-state index contributed by atoms with van der Waals surface area (Å²) in [5.74, 6) is -0.349. The number of hydrogen-bond donors (Lipinski definition) is 1. The van der Waals surface area contributed by atoms with Crippen LogP contribution in [0.3, 0.4) is 0 Å². The Morgan fingerprint density at radius 3 is 2.76 bits per heavy atom. The van der Waals surface area contributed by atoms with Crippen LogP contribution in [0, 0.1) is 0 Å². The van der Waals surface area contributed by atoms with Crippen molar-refractivity contribution in [2.45, 2.75) is 12.8 Å². The zero-order valence-electron chi connectivity index (χ0n) is 11.4. The Balaban J connectivity index is 1.96. The average Bonchev–Trinajstić information content (AvgIpc) is 3.04. The van der Waals surface area contributed by atoms with Crippen molar-refractivity contribution in [3.63, 3.8) is 0 Å². The van der Waals surface area contributed by atoms with Crippen molar-refractivity contribution in [2.75, 3.05) is 7.11 Å². The highest BCUT2D eigenvalue weighted by Crippen LogP contribution is 2.35. The second-order valence-corrected chi connectivity index (χ2v) is 5.72. The third-order valence-corrected chi connectivity index (χ3v) is 4.32. The maximum absolute atomic E-state index is 11.6. The first-order chi connectivity index (χ1) is 10.1. The minimum absolute atomic E-state index is 0.349. The molecule has 1 heterocycles. The lowest BCUT2D eigenvalue weighted by atomic mass is 10.1. The highest BCUT2D eigenvalue weighted by atomic mass is 35.5. The smallest absolute Gasteiger partial charge is 0.354 e. The average molecular weight is 322 g/mol. The Hall–Kier alpha value is -1.71. The Labute approximate surface area is 132 Å². The molecule has 3 nitrogen and oxygen atoms in total. The van der Waals surface area contributed by atoms with Gasteiger partial charge in [0.05, 0.1) is 17.2 Å². The highest BCUT2D eigenvalue weighted by Gasteiger charge is 2.21. The Morgan fingerprint density at radius 2 is 2.05 bits per heavy atom. The molecule has 1 aliphatic rings. The molecule has 0 aliphatic heterocycles. The van der Waals surface area contributed by atoms with Crippen molar-refractivity contribution in [3.8, 4) is 0 Å². The van der Waals surface area contributed by atoms with Crippen LogP contribution in [0.4, 0.5) is 0 Å². The minimum atomic E-state index is -0.349. The van der Waals surface area contributed by atoms with Crippen LogP contribution in [0.2, 0.25) is 10.0 Å². The number of halogens is 2. The summed E-state index contributed by atoms with van der Waals surface area (Å²) in [6.45, 7) is 0. The van der Waals surface area contributed by atoms with Gasteiger partial charge in [-0.3, -0.25) is 0 Å². The molecule has 0 radical (unpaired) electrons. The van der Waals surface area contributed by atoms with Crippen molar-refractivity contribution >= 4 is 40.8 Å². The van der Waals surface area contributed by atoms with Crippen LogP contribution in [0.1, 0.15) is 33.7 Å². The molecule has 0 saturated carbocycles. The van der Waals surface area contributed by atoms with Gasteiger partial charge in [0.1, 0.15) is 5.69 Å². The largest absolute Gasteiger partial charge is 0.464 e. The quantitative estimate of drug-likeness (QED) is 0.821. The van der Waals surface area contributed by atoms with E-state index in [0.717, 1.165) is 29.7 Å². The Bertz CT molecular complexity index is 747. The third-order valence-electron chi connectivity index (χ3n) is 3.58. The zero-order chi connectivity index (χ0) is 15.0. The molecular weight excluding hydrogens is 309 g/mol. The summed E-state index contributed by atoms with van der Waals surface area (Å²) in [4.78, 5) is 14.7. The summed E-state index contributed by atoms with van der Waals surface area (Å²) in [6.07, 6.45) is 3.89. The van der Waals surface area contributed by atoms with Crippen LogP contribution in [0.15, 0.2) is 24.3 Å². The first-order valence-electron chi connectivity index (χ1n) is 6.54. The van der Waals surface area contributed by atoms with E-state index >= 15 is 0 Å². The lowest BCUT2D eigenvalue weighted by Gasteiger charge is -2.01. The fourth-order valence-corrected chi connectivity index (χ4v) is 2.86. The monoisotopic (exact) mass is 321 g/mol. The number of carbonyl (C=O) groups excluding carboxylic acids is 1. The van der Waals surface area contributed by atoms with Crippen LogP contribution in [0.25, 0.3) is 11.6 Å². The summed E-state index contributed by atoms with van der Waals surface area (Å²) < 4.78 is 4.73. The number of aromatic amines is 1. The molecule has 5 heteroatoms. The summed E-state index contributed by atoms with van der Waals surface area (Å²) >= 11 is 12.0. The molecule has 0 amide bonds. The number of fused-ring (bicyclic) bond motifs is 1. The van der Waals surface area contributed by atoms with Gasteiger partial charge in [0, 0.05) is 5.69 Å². The standard InChI is InChI=1S/C16H13Cl2NO2/c1-21-16(20)15-8-11-10(3-5-14(11)19-15)6-9-2-4-12(17)13(18)7-9/h2,4,6-8,19H,3,5H2,1H3/b10-6+. The number of aromatic nitrogens is 1. The number of aryl methyl sites for hydroxylation is 1. The van der Waals surface area contributed by atoms with Crippen LogP contribution in [-0.4, -0.2) is 18.1 Å². The number of esters is 1. The maximum atomic E-state index is 11.6. The molecule has 1 aromatic carbocycles. The first-order valence-corrected chi connectivity index (χ1v) is 7.30. The van der Waals surface area contributed by atoms with Gasteiger partial charge in [0.15, 0.2) is 0 Å². The van der Waals surface area contributed by atoms with Gasteiger partial charge >= 0.3 is 5.97 Å². The molecule has 0 atom stereocenters. The molecule has 1 N–H and O–H groups in total. The lowest BCUT2D eigenvalue weighted by molar-refractivity contribution is 0.0594. The van der Waals surface area contributed by atoms with Crippen molar-refractivity contribution in [1.29, 1.82) is 0 Å². The molecule has 108 valence electrons. The fourth-order valence-electron chi connectivity index (χ4n) is 2.55. The number of carbonyl (C=O) groups is 1. The topological polar surface area (TPSA) is 42.1 Å². The molecule has 1 aromatic heterocycles. The third kappa shape index (κ3) is 2.71. The molecule has 21 heavy (non-hydrogen) atoms. The second kappa shape index (κ2) is 5.58. The lowest BCUT2D eigenvalue weighted by Crippen LogP contribution is -2.01. The summed E-state index contributed by atoms with van der Waals surface area (Å²) in [5.41, 5.74) is 4.80. The van der Waals surface area contributed by atoms with Gasteiger partial charge in [0.2, 0.25) is 0 Å². The van der Waals surface area contributed by atoms with E-state index in [0.29, 0.717) is 15.7 Å². The van der Waals surface area contributed by atoms with E-state index in [9.17, 15) is 4.79 Å². The molecule has 0 spiro atoms. The highest BCUT2D eigenvalue weighted by molar-refractivity contribution is 6.42. The molecule has 0 saturated heterocycles. The predicted molar refractivity (Wildman–Crippen MR) is 84.8 cm³/mol. The normalized spacial score (nSPS) is 15.3. The van der Waals surface area contributed by atoms with E-state index < -0.39 is 0 Å². The van der Waals surface area contributed by atoms with Gasteiger partial charge in [0.25, 0.3) is 0 Å². The van der Waals surface area contributed by atoms with Crippen LogP contribution in [-0.2, 0) is 11.2 Å². The van der Waals surface area contributed by atoms with E-state index in [1.165, 1.54) is 12.7 Å². The van der Waals surface area contributed by atoms with Gasteiger partial charge in [-0.05, 0) is 47.7 Å². The molecule has 3 rings (SSSR count). The Kier molecular flexibility index (Phi) is 3.79. The van der Waals surface area contributed by atoms with Crippen LogP contribution >= 0.6 is 23.2 Å². The van der Waals surface area contributed by atoms with Gasteiger partial charge in [-0.1, -0.05) is 35.3 Å². The number of hydrogen-bond acceptors (Lipinski definition) is 2. The molecule has 0 bridgehead atoms. The summed E-state index contributed by atoms with van der Waals surface area (Å²) in [7, 11) is 1.38. The number of H-pyrrole nitrogens is 1. The number of methoxy groups -OCH3 is 1. The van der Waals surface area contributed by atoms with Crippen molar-refractivity contribution < 1.29 is 9.53 Å². The summed E-state index contributed by atoms with van der Waals surface area (Å²) in [5, 5.41) is 1.08. The predicted octanol–water partition coefficient (Wildman–Crippen LogP) is 4.59. The number of allylic oxidation sites excluding steroid dienone is 1. The first kappa shape index (κ1) is 14.2. The molecule has 2 aromatic rings. The van der Waals surface area contributed by atoms with E-state index in [2.05, 4.69) is 11.1 Å². The molecule has 0 fully saturated rings. The van der Waals surface area contributed by atoms with E-state index in [1.807, 2.05) is 18.2 Å². The number of ether oxygens (including phenoxy) is 1. The SMILES string of the molecule is COC(=O)c1cc2c([nH]1)CC/C2=C\c1ccc(Cl)c(Cl)c1. The van der Waals surface area contributed by atoms with E-state index in [4.69, 9.17) is 27.9 Å². The number of rotatable bonds is 2. The van der Waals surface area contributed by atoms with Crippen molar-refractivity contribution in [2.24, 2.45) is 0 Å². The minimum Gasteiger partial charge on any atom is -0.464 e.